The molecule has 7 heteroatoms. The molecule has 2 aromatic carbocycles. The highest BCUT2D eigenvalue weighted by Gasteiger charge is 2.16. The van der Waals surface area contributed by atoms with Crippen molar-refractivity contribution in [2.45, 2.75) is 38.0 Å². The third-order valence-corrected chi connectivity index (χ3v) is 5.18. The number of carbonyl (C=O) groups is 1. The van der Waals surface area contributed by atoms with E-state index < -0.39 is 4.92 Å². The SMILES string of the molecule is Cc1ccc(C(C)(C)C)cc1SCC(=O)Nc1ccc([N+](=O)[O-])cc1C#N. The Labute approximate surface area is 162 Å². The lowest BCUT2D eigenvalue weighted by Crippen LogP contribution is -2.15. The van der Waals surface area contributed by atoms with Crippen molar-refractivity contribution in [1.29, 1.82) is 5.26 Å². The smallest absolute Gasteiger partial charge is 0.270 e. The van der Waals surface area contributed by atoms with E-state index >= 15 is 0 Å². The molecule has 0 saturated heterocycles. The lowest BCUT2D eigenvalue weighted by Gasteiger charge is -2.20. The van der Waals surface area contributed by atoms with Crippen LogP contribution in [0.3, 0.4) is 0 Å². The Bertz CT molecular complexity index is 927. The van der Waals surface area contributed by atoms with Crippen LogP contribution in [0.5, 0.6) is 0 Å². The number of nitrogens with zero attached hydrogens (tertiary/aromatic N) is 2. The molecule has 140 valence electrons. The van der Waals surface area contributed by atoms with Crippen molar-refractivity contribution in [3.05, 3.63) is 63.2 Å². The number of hydrogen-bond donors (Lipinski definition) is 1. The number of nitrogens with one attached hydrogen (secondary N) is 1. The van der Waals surface area contributed by atoms with Gasteiger partial charge >= 0.3 is 0 Å². The number of amides is 1. The number of hydrogen-bond acceptors (Lipinski definition) is 5. The molecule has 0 saturated carbocycles. The van der Waals surface area contributed by atoms with Crippen LogP contribution < -0.4 is 5.32 Å². The highest BCUT2D eigenvalue weighted by molar-refractivity contribution is 8.00. The first kappa shape index (κ1) is 20.5. The minimum atomic E-state index is -0.576. The van der Waals surface area contributed by atoms with Crippen molar-refractivity contribution in [1.82, 2.24) is 0 Å². The number of nitro benzene ring substituents is 1. The van der Waals surface area contributed by atoms with Gasteiger partial charge < -0.3 is 5.32 Å². The van der Waals surface area contributed by atoms with Gasteiger partial charge in [0.15, 0.2) is 0 Å². The number of thioether (sulfide) groups is 1. The van der Waals surface area contributed by atoms with Gasteiger partial charge in [0.25, 0.3) is 5.69 Å². The fourth-order valence-corrected chi connectivity index (χ4v) is 3.26. The summed E-state index contributed by atoms with van der Waals surface area (Å²) in [6, 6.07) is 11.9. The summed E-state index contributed by atoms with van der Waals surface area (Å²) in [6.07, 6.45) is 0. The largest absolute Gasteiger partial charge is 0.324 e. The molecule has 0 spiro atoms. The average molecular weight is 383 g/mol. The van der Waals surface area contributed by atoms with Gasteiger partial charge in [-0.05, 0) is 35.6 Å². The Morgan fingerprint density at radius 2 is 1.96 bits per heavy atom. The van der Waals surface area contributed by atoms with Crippen LogP contribution >= 0.6 is 11.8 Å². The van der Waals surface area contributed by atoms with Crippen LogP contribution in [0.2, 0.25) is 0 Å². The summed E-state index contributed by atoms with van der Waals surface area (Å²) in [7, 11) is 0. The molecule has 27 heavy (non-hydrogen) atoms. The topological polar surface area (TPSA) is 96.0 Å². The Hall–Kier alpha value is -2.85. The monoisotopic (exact) mass is 383 g/mol. The summed E-state index contributed by atoms with van der Waals surface area (Å²) in [5.74, 6) is -0.0954. The molecule has 0 aromatic heterocycles. The quantitative estimate of drug-likeness (QED) is 0.454. The van der Waals surface area contributed by atoms with Gasteiger partial charge in [0, 0.05) is 17.0 Å². The molecule has 0 bridgehead atoms. The first-order valence-corrected chi connectivity index (χ1v) is 9.32. The molecule has 2 aromatic rings. The maximum absolute atomic E-state index is 12.3. The molecular weight excluding hydrogens is 362 g/mol. The van der Waals surface area contributed by atoms with Gasteiger partial charge in [0.05, 0.1) is 21.9 Å². The zero-order valence-electron chi connectivity index (χ0n) is 15.7. The molecule has 0 unspecified atom stereocenters. The summed E-state index contributed by atoms with van der Waals surface area (Å²) in [5.41, 5.74) is 2.45. The number of non-ortho nitro benzene ring substituents is 1. The van der Waals surface area contributed by atoms with Crippen molar-refractivity contribution in [3.8, 4) is 6.07 Å². The van der Waals surface area contributed by atoms with Gasteiger partial charge in [-0.1, -0.05) is 32.9 Å². The van der Waals surface area contributed by atoms with Crippen molar-refractivity contribution in [2.24, 2.45) is 0 Å². The van der Waals surface area contributed by atoms with E-state index in [2.05, 4.69) is 38.2 Å². The molecule has 0 aliphatic rings. The third kappa shape index (κ3) is 5.31. The van der Waals surface area contributed by atoms with E-state index in [1.165, 1.54) is 29.5 Å². The number of anilines is 1. The van der Waals surface area contributed by atoms with E-state index in [9.17, 15) is 14.9 Å². The second kappa shape index (κ2) is 8.23. The zero-order valence-corrected chi connectivity index (χ0v) is 16.5. The molecule has 0 fully saturated rings. The molecule has 0 radical (unpaired) electrons. The van der Waals surface area contributed by atoms with E-state index in [-0.39, 0.29) is 34.0 Å². The normalized spacial score (nSPS) is 10.9. The second-order valence-electron chi connectivity index (χ2n) is 7.17. The number of aryl methyl sites for hydroxylation is 1. The van der Waals surface area contributed by atoms with Crippen LogP contribution in [0.25, 0.3) is 0 Å². The Morgan fingerprint density at radius 1 is 1.26 bits per heavy atom. The van der Waals surface area contributed by atoms with Crippen molar-refractivity contribution >= 4 is 29.0 Å². The van der Waals surface area contributed by atoms with Gasteiger partial charge in [-0.3, -0.25) is 14.9 Å². The lowest BCUT2D eigenvalue weighted by atomic mass is 9.87. The van der Waals surface area contributed by atoms with Crippen LogP contribution in [0.4, 0.5) is 11.4 Å². The van der Waals surface area contributed by atoms with E-state index in [0.29, 0.717) is 0 Å². The number of carbonyl (C=O) groups excluding carboxylic acids is 1. The summed E-state index contributed by atoms with van der Waals surface area (Å²) >= 11 is 1.42. The van der Waals surface area contributed by atoms with Crippen LogP contribution in [0.15, 0.2) is 41.3 Å². The molecule has 6 nitrogen and oxygen atoms in total. The number of nitro groups is 1. The standard InChI is InChI=1S/C20H21N3O3S/c1-13-5-6-15(20(2,3)4)10-18(13)27-12-19(24)22-17-8-7-16(23(25)26)9-14(17)11-21/h5-10H,12H2,1-4H3,(H,22,24). The average Bonchev–Trinajstić information content (AvgIpc) is 2.60. The van der Waals surface area contributed by atoms with Gasteiger partial charge in [-0.15, -0.1) is 11.8 Å². The van der Waals surface area contributed by atoms with Crippen LogP contribution in [0.1, 0.15) is 37.5 Å². The van der Waals surface area contributed by atoms with Crippen LogP contribution in [-0.4, -0.2) is 16.6 Å². The van der Waals surface area contributed by atoms with Crippen molar-refractivity contribution < 1.29 is 9.72 Å². The van der Waals surface area contributed by atoms with Gasteiger partial charge in [0.2, 0.25) is 5.91 Å². The Morgan fingerprint density at radius 3 is 2.56 bits per heavy atom. The maximum atomic E-state index is 12.3. The minimum absolute atomic E-state index is 0.0196. The van der Waals surface area contributed by atoms with Crippen LogP contribution in [-0.2, 0) is 10.2 Å². The summed E-state index contributed by atoms with van der Waals surface area (Å²) in [4.78, 5) is 23.5. The third-order valence-electron chi connectivity index (χ3n) is 4.02. The number of nitriles is 1. The second-order valence-corrected chi connectivity index (χ2v) is 8.18. The summed E-state index contributed by atoms with van der Waals surface area (Å²) in [5, 5.41) is 22.6. The van der Waals surface area contributed by atoms with E-state index in [4.69, 9.17) is 5.26 Å². The maximum Gasteiger partial charge on any atom is 0.270 e. The molecule has 2 rings (SSSR count). The highest BCUT2D eigenvalue weighted by atomic mass is 32.2. The fourth-order valence-electron chi connectivity index (χ4n) is 2.40. The van der Waals surface area contributed by atoms with E-state index in [1.807, 2.05) is 19.1 Å². The molecule has 0 heterocycles. The van der Waals surface area contributed by atoms with Gasteiger partial charge in [-0.2, -0.15) is 5.26 Å². The molecule has 1 N–H and O–H groups in total. The van der Waals surface area contributed by atoms with Crippen molar-refractivity contribution in [3.63, 3.8) is 0 Å². The molecule has 0 aliphatic heterocycles. The zero-order chi connectivity index (χ0) is 20.2. The summed E-state index contributed by atoms with van der Waals surface area (Å²) in [6.45, 7) is 8.40. The molecule has 0 aliphatic carbocycles. The van der Waals surface area contributed by atoms with Gasteiger partial charge in [-0.25, -0.2) is 0 Å². The van der Waals surface area contributed by atoms with Crippen molar-refractivity contribution in [2.75, 3.05) is 11.1 Å². The Balaban J connectivity index is 2.10. The number of rotatable bonds is 5. The predicted octanol–water partition coefficient (Wildman–Crippen LogP) is 4.80. The van der Waals surface area contributed by atoms with E-state index in [1.54, 1.807) is 0 Å². The predicted molar refractivity (Wildman–Crippen MR) is 107 cm³/mol. The Kier molecular flexibility index (Phi) is 6.24. The van der Waals surface area contributed by atoms with E-state index in [0.717, 1.165) is 16.5 Å². The molecule has 0 atom stereocenters. The lowest BCUT2D eigenvalue weighted by molar-refractivity contribution is -0.384. The number of benzene rings is 2. The first-order chi connectivity index (χ1) is 12.6. The summed E-state index contributed by atoms with van der Waals surface area (Å²) < 4.78 is 0. The highest BCUT2D eigenvalue weighted by Crippen LogP contribution is 2.30. The fraction of sp³-hybridized carbons (Fsp3) is 0.300. The van der Waals surface area contributed by atoms with Crippen LogP contribution in [0, 0.1) is 28.4 Å². The minimum Gasteiger partial charge on any atom is -0.324 e. The molecule has 1 amide bonds. The van der Waals surface area contributed by atoms with Gasteiger partial charge in [0.1, 0.15) is 6.07 Å². The first-order valence-electron chi connectivity index (χ1n) is 8.34. The molecular formula is C20H21N3O3S.